The van der Waals surface area contributed by atoms with E-state index in [0.29, 0.717) is 11.6 Å². The van der Waals surface area contributed by atoms with E-state index in [1.165, 1.54) is 0 Å². The van der Waals surface area contributed by atoms with Gasteiger partial charge in [0.05, 0.1) is 16.1 Å². The highest BCUT2D eigenvalue weighted by molar-refractivity contribution is 9.10. The molecule has 0 saturated carbocycles. The van der Waals surface area contributed by atoms with Gasteiger partial charge in [-0.05, 0) is 46.6 Å². The maximum Gasteiger partial charge on any atom is 0.119 e. The lowest BCUT2D eigenvalue weighted by Crippen LogP contribution is -2.07. The van der Waals surface area contributed by atoms with E-state index in [2.05, 4.69) is 21.2 Å². The lowest BCUT2D eigenvalue weighted by atomic mass is 10.3. The first kappa shape index (κ1) is 14.2. The fourth-order valence-corrected chi connectivity index (χ4v) is 2.22. The maximum atomic E-state index is 6.02. The van der Waals surface area contributed by atoms with E-state index in [9.17, 15) is 0 Å². The van der Waals surface area contributed by atoms with Crippen LogP contribution in [0, 0.1) is 0 Å². The molecule has 0 unspecified atom stereocenters. The molecule has 2 rings (SSSR count). The molecule has 0 spiro atoms. The number of nitrogens with one attached hydrogen (secondary N) is 1. The molecule has 0 amide bonds. The minimum Gasteiger partial charge on any atom is -0.494 e. The summed E-state index contributed by atoms with van der Waals surface area (Å²) in [6.07, 6.45) is 0.924. The van der Waals surface area contributed by atoms with Crippen molar-refractivity contribution in [3.8, 4) is 5.75 Å². The lowest BCUT2D eigenvalue weighted by Gasteiger charge is -2.10. The topological polar surface area (TPSA) is 21.3 Å². The Hall–Kier alpha value is -1.19. The van der Waals surface area contributed by atoms with E-state index in [-0.39, 0.29) is 0 Å². The van der Waals surface area contributed by atoms with Gasteiger partial charge in [-0.3, -0.25) is 0 Å². The van der Waals surface area contributed by atoms with E-state index >= 15 is 0 Å². The van der Waals surface area contributed by atoms with Crippen molar-refractivity contribution in [1.29, 1.82) is 0 Å². The highest BCUT2D eigenvalue weighted by Crippen LogP contribution is 2.29. The molecular formula is C15H15BrClNO. The molecule has 0 heterocycles. The van der Waals surface area contributed by atoms with Crippen LogP contribution >= 0.6 is 27.5 Å². The summed E-state index contributed by atoms with van der Waals surface area (Å²) in [5.41, 5.74) is 1.01. The minimum absolute atomic E-state index is 0.690. The number of rotatable bonds is 6. The number of halogens is 2. The fourth-order valence-electron chi connectivity index (χ4n) is 1.64. The Balaban J connectivity index is 1.71. The Kier molecular flexibility index (Phi) is 5.55. The number of anilines is 1. The zero-order chi connectivity index (χ0) is 13.5. The quantitative estimate of drug-likeness (QED) is 0.749. The predicted octanol–water partition coefficient (Wildman–Crippen LogP) is 4.98. The molecule has 4 heteroatoms. The average molecular weight is 341 g/mol. The van der Waals surface area contributed by atoms with Gasteiger partial charge in [-0.15, -0.1) is 0 Å². The van der Waals surface area contributed by atoms with Crippen molar-refractivity contribution in [3.05, 3.63) is 58.0 Å². The van der Waals surface area contributed by atoms with Gasteiger partial charge in [0.1, 0.15) is 5.75 Å². The van der Waals surface area contributed by atoms with Gasteiger partial charge >= 0.3 is 0 Å². The molecule has 0 aliphatic carbocycles. The van der Waals surface area contributed by atoms with Crippen LogP contribution in [0.3, 0.4) is 0 Å². The molecule has 0 aliphatic rings. The number of benzene rings is 2. The standard InChI is InChI=1S/C15H15BrClNO/c16-15-13(17)8-4-9-14(15)18-10-5-11-19-12-6-2-1-3-7-12/h1-4,6-9,18H,5,10-11H2. The van der Waals surface area contributed by atoms with Crippen LogP contribution in [0.25, 0.3) is 0 Å². The van der Waals surface area contributed by atoms with Gasteiger partial charge in [0.25, 0.3) is 0 Å². The van der Waals surface area contributed by atoms with Gasteiger partial charge in [0, 0.05) is 12.2 Å². The van der Waals surface area contributed by atoms with E-state index in [1.807, 2.05) is 48.5 Å². The van der Waals surface area contributed by atoms with Gasteiger partial charge in [0.15, 0.2) is 0 Å². The molecule has 2 nitrogen and oxygen atoms in total. The third kappa shape index (κ3) is 4.44. The Morgan fingerprint density at radius 1 is 1.05 bits per heavy atom. The summed E-state index contributed by atoms with van der Waals surface area (Å²) in [6.45, 7) is 1.53. The SMILES string of the molecule is Clc1cccc(NCCCOc2ccccc2)c1Br. The Morgan fingerprint density at radius 3 is 2.63 bits per heavy atom. The third-order valence-corrected chi connectivity index (χ3v) is 4.00. The maximum absolute atomic E-state index is 6.02. The largest absolute Gasteiger partial charge is 0.494 e. The number of para-hydroxylation sites is 1. The molecular weight excluding hydrogens is 326 g/mol. The van der Waals surface area contributed by atoms with Crippen LogP contribution in [0.15, 0.2) is 53.0 Å². The van der Waals surface area contributed by atoms with Crippen LogP contribution in [-0.4, -0.2) is 13.2 Å². The molecule has 0 fully saturated rings. The van der Waals surface area contributed by atoms with Gasteiger partial charge in [0.2, 0.25) is 0 Å². The van der Waals surface area contributed by atoms with E-state index in [1.54, 1.807) is 0 Å². The summed E-state index contributed by atoms with van der Waals surface area (Å²) < 4.78 is 6.52. The van der Waals surface area contributed by atoms with E-state index < -0.39 is 0 Å². The first-order valence-corrected chi connectivity index (χ1v) is 7.30. The third-order valence-electron chi connectivity index (χ3n) is 2.60. The highest BCUT2D eigenvalue weighted by Gasteiger charge is 2.02. The molecule has 0 aromatic heterocycles. The van der Waals surface area contributed by atoms with Crippen LogP contribution < -0.4 is 10.1 Å². The molecule has 100 valence electrons. The number of hydrogen-bond donors (Lipinski definition) is 1. The van der Waals surface area contributed by atoms with Crippen LogP contribution in [0.5, 0.6) is 5.75 Å². The van der Waals surface area contributed by atoms with Crippen molar-refractivity contribution >= 4 is 33.2 Å². The summed E-state index contributed by atoms with van der Waals surface area (Å²) in [6, 6.07) is 15.6. The summed E-state index contributed by atoms with van der Waals surface area (Å²) >= 11 is 9.48. The van der Waals surface area contributed by atoms with Crippen LogP contribution in [0.2, 0.25) is 5.02 Å². The highest BCUT2D eigenvalue weighted by atomic mass is 79.9. The van der Waals surface area contributed by atoms with Crippen molar-refractivity contribution in [1.82, 2.24) is 0 Å². The van der Waals surface area contributed by atoms with Gasteiger partial charge in [-0.2, -0.15) is 0 Å². The Labute approximate surface area is 126 Å². The molecule has 2 aromatic rings. The van der Waals surface area contributed by atoms with Crippen molar-refractivity contribution < 1.29 is 4.74 Å². The first-order valence-electron chi connectivity index (χ1n) is 6.13. The second-order valence-electron chi connectivity index (χ2n) is 4.04. The minimum atomic E-state index is 0.690. The van der Waals surface area contributed by atoms with Crippen LogP contribution in [0.4, 0.5) is 5.69 Å². The Bertz CT molecular complexity index is 519. The zero-order valence-electron chi connectivity index (χ0n) is 10.4. The summed E-state index contributed by atoms with van der Waals surface area (Å²) in [4.78, 5) is 0. The average Bonchev–Trinajstić information content (AvgIpc) is 2.44. The Morgan fingerprint density at radius 2 is 1.84 bits per heavy atom. The van der Waals surface area contributed by atoms with Gasteiger partial charge in [-0.25, -0.2) is 0 Å². The van der Waals surface area contributed by atoms with E-state index in [0.717, 1.165) is 28.9 Å². The van der Waals surface area contributed by atoms with Crippen molar-refractivity contribution in [2.24, 2.45) is 0 Å². The normalized spacial score (nSPS) is 10.2. The zero-order valence-corrected chi connectivity index (χ0v) is 12.7. The summed E-state index contributed by atoms with van der Waals surface area (Å²) in [5.74, 6) is 0.909. The molecule has 0 bridgehead atoms. The molecule has 0 aliphatic heterocycles. The fraction of sp³-hybridized carbons (Fsp3) is 0.200. The number of hydrogen-bond acceptors (Lipinski definition) is 2. The number of ether oxygens (including phenoxy) is 1. The monoisotopic (exact) mass is 339 g/mol. The summed E-state index contributed by atoms with van der Waals surface area (Å²) in [7, 11) is 0. The van der Waals surface area contributed by atoms with Crippen LogP contribution in [-0.2, 0) is 0 Å². The second-order valence-corrected chi connectivity index (χ2v) is 5.24. The van der Waals surface area contributed by atoms with Crippen molar-refractivity contribution in [2.75, 3.05) is 18.5 Å². The van der Waals surface area contributed by atoms with Crippen molar-refractivity contribution in [3.63, 3.8) is 0 Å². The summed E-state index contributed by atoms with van der Waals surface area (Å²) in [5, 5.41) is 4.04. The van der Waals surface area contributed by atoms with Gasteiger partial charge in [-0.1, -0.05) is 35.9 Å². The van der Waals surface area contributed by atoms with Crippen LogP contribution in [0.1, 0.15) is 6.42 Å². The molecule has 19 heavy (non-hydrogen) atoms. The van der Waals surface area contributed by atoms with Gasteiger partial charge < -0.3 is 10.1 Å². The lowest BCUT2D eigenvalue weighted by molar-refractivity contribution is 0.315. The molecule has 0 saturated heterocycles. The molecule has 1 N–H and O–H groups in total. The van der Waals surface area contributed by atoms with E-state index in [4.69, 9.17) is 16.3 Å². The smallest absolute Gasteiger partial charge is 0.119 e. The molecule has 0 atom stereocenters. The molecule has 0 radical (unpaired) electrons. The second kappa shape index (κ2) is 7.41. The predicted molar refractivity (Wildman–Crippen MR) is 84.2 cm³/mol. The molecule has 2 aromatic carbocycles. The van der Waals surface area contributed by atoms with Crippen molar-refractivity contribution in [2.45, 2.75) is 6.42 Å². The first-order chi connectivity index (χ1) is 9.27.